The Hall–Kier alpha value is -3.24. The molecule has 4 rings (SSSR count). The molecule has 0 unspecified atom stereocenters. The number of carbonyl (C=O) groups excluding carboxylic acids is 3. The lowest BCUT2D eigenvalue weighted by atomic mass is 10.1. The summed E-state index contributed by atoms with van der Waals surface area (Å²) in [5, 5.41) is 5.25. The van der Waals surface area contributed by atoms with Crippen molar-refractivity contribution in [3.63, 3.8) is 0 Å². The van der Waals surface area contributed by atoms with Crippen molar-refractivity contribution >= 4 is 33.6 Å². The van der Waals surface area contributed by atoms with Gasteiger partial charge in [-0.3, -0.25) is 14.5 Å². The van der Waals surface area contributed by atoms with Gasteiger partial charge in [-0.25, -0.2) is 13.2 Å². The second kappa shape index (κ2) is 8.71. The van der Waals surface area contributed by atoms with E-state index in [-0.39, 0.29) is 30.4 Å². The van der Waals surface area contributed by atoms with E-state index in [0.29, 0.717) is 24.1 Å². The van der Waals surface area contributed by atoms with Crippen molar-refractivity contribution in [2.75, 3.05) is 18.4 Å². The zero-order valence-corrected chi connectivity index (χ0v) is 18.4. The summed E-state index contributed by atoms with van der Waals surface area (Å²) in [4.78, 5) is 37.8. The molecule has 2 aliphatic heterocycles. The number of nitrogens with one attached hydrogen (secondary N) is 2. The molecular formula is C22H24N4O5S. The van der Waals surface area contributed by atoms with Crippen LogP contribution in [0.25, 0.3) is 0 Å². The van der Waals surface area contributed by atoms with Crippen molar-refractivity contribution in [3.8, 4) is 0 Å². The van der Waals surface area contributed by atoms with Crippen LogP contribution in [-0.2, 0) is 26.2 Å². The summed E-state index contributed by atoms with van der Waals surface area (Å²) in [6.45, 7) is 2.22. The summed E-state index contributed by atoms with van der Waals surface area (Å²) in [6, 6.07) is 12.1. The summed E-state index contributed by atoms with van der Waals surface area (Å²) < 4.78 is 27.4. The standard InChI is InChI=1S/C22H24N4O5S/c1-15-7-9-18(10-8-15)32(30,31)26-11-3-6-19(26)21(28)24-17-5-2-4-16(12-17)14-25-20(27)13-23-22(25)29/h2,4-5,7-10,12,19H,3,6,11,13-14H2,1H3,(H,23,29)(H,24,28)/t19-/m0/s1. The van der Waals surface area contributed by atoms with Gasteiger partial charge in [-0.05, 0) is 49.6 Å². The maximum absolute atomic E-state index is 13.1. The number of hydrogen-bond donors (Lipinski definition) is 2. The molecule has 168 valence electrons. The third-order valence-corrected chi connectivity index (χ3v) is 7.53. The van der Waals surface area contributed by atoms with E-state index < -0.39 is 28.0 Å². The van der Waals surface area contributed by atoms with Crippen molar-refractivity contribution in [2.45, 2.75) is 37.2 Å². The van der Waals surface area contributed by atoms with Crippen molar-refractivity contribution in [1.29, 1.82) is 0 Å². The molecule has 2 N–H and O–H groups in total. The van der Waals surface area contributed by atoms with E-state index in [4.69, 9.17) is 0 Å². The molecule has 0 bridgehead atoms. The average Bonchev–Trinajstić information content (AvgIpc) is 3.38. The monoisotopic (exact) mass is 456 g/mol. The van der Waals surface area contributed by atoms with Crippen LogP contribution in [0.3, 0.4) is 0 Å². The first kappa shape index (κ1) is 22.0. The first-order valence-corrected chi connectivity index (χ1v) is 11.8. The molecule has 0 saturated carbocycles. The van der Waals surface area contributed by atoms with Gasteiger partial charge in [0, 0.05) is 12.2 Å². The highest BCUT2D eigenvalue weighted by atomic mass is 32.2. The van der Waals surface area contributed by atoms with Gasteiger partial charge in [0.2, 0.25) is 21.8 Å². The number of imide groups is 1. The Kier molecular flexibility index (Phi) is 5.98. The van der Waals surface area contributed by atoms with Gasteiger partial charge in [0.15, 0.2) is 0 Å². The second-order valence-corrected chi connectivity index (χ2v) is 9.81. The molecule has 0 aromatic heterocycles. The fourth-order valence-electron chi connectivity index (χ4n) is 3.91. The Balaban J connectivity index is 1.48. The third-order valence-electron chi connectivity index (χ3n) is 5.61. The zero-order valence-electron chi connectivity index (χ0n) is 17.6. The maximum atomic E-state index is 13.1. The van der Waals surface area contributed by atoms with Crippen LogP contribution in [0.1, 0.15) is 24.0 Å². The van der Waals surface area contributed by atoms with Gasteiger partial charge in [-0.2, -0.15) is 4.31 Å². The third kappa shape index (κ3) is 4.37. The van der Waals surface area contributed by atoms with E-state index in [1.165, 1.54) is 4.31 Å². The molecule has 32 heavy (non-hydrogen) atoms. The first-order valence-electron chi connectivity index (χ1n) is 10.3. The Morgan fingerprint density at radius 2 is 1.91 bits per heavy atom. The van der Waals surface area contributed by atoms with Gasteiger partial charge in [-0.15, -0.1) is 0 Å². The topological polar surface area (TPSA) is 116 Å². The quantitative estimate of drug-likeness (QED) is 0.644. The van der Waals surface area contributed by atoms with E-state index in [1.54, 1.807) is 48.5 Å². The number of amides is 4. The van der Waals surface area contributed by atoms with E-state index in [0.717, 1.165) is 10.5 Å². The molecule has 10 heteroatoms. The predicted molar refractivity (Wildman–Crippen MR) is 117 cm³/mol. The summed E-state index contributed by atoms with van der Waals surface area (Å²) >= 11 is 0. The second-order valence-electron chi connectivity index (χ2n) is 7.92. The summed E-state index contributed by atoms with van der Waals surface area (Å²) in [5.41, 5.74) is 2.09. The van der Waals surface area contributed by atoms with Crippen LogP contribution in [0.5, 0.6) is 0 Å². The Labute approximate surface area is 186 Å². The first-order chi connectivity index (χ1) is 15.3. The number of rotatable bonds is 6. The molecular weight excluding hydrogens is 432 g/mol. The molecule has 2 fully saturated rings. The Morgan fingerprint density at radius 3 is 2.59 bits per heavy atom. The van der Waals surface area contributed by atoms with Gasteiger partial charge in [0.05, 0.1) is 18.0 Å². The fraction of sp³-hybridized carbons (Fsp3) is 0.318. The normalized spacial score (nSPS) is 19.3. The molecule has 0 aliphatic carbocycles. The van der Waals surface area contributed by atoms with Gasteiger partial charge in [-0.1, -0.05) is 29.8 Å². The van der Waals surface area contributed by atoms with Crippen LogP contribution in [-0.4, -0.2) is 54.6 Å². The number of sulfonamides is 1. The van der Waals surface area contributed by atoms with E-state index in [1.807, 2.05) is 6.92 Å². The molecule has 2 aliphatic rings. The van der Waals surface area contributed by atoms with Crippen molar-refractivity contribution < 1.29 is 22.8 Å². The lowest BCUT2D eigenvalue weighted by Gasteiger charge is -2.23. The van der Waals surface area contributed by atoms with Gasteiger partial charge in [0.1, 0.15) is 6.04 Å². The van der Waals surface area contributed by atoms with Gasteiger partial charge < -0.3 is 10.6 Å². The Morgan fingerprint density at radius 1 is 1.16 bits per heavy atom. The lowest BCUT2D eigenvalue weighted by molar-refractivity contribution is -0.125. The largest absolute Gasteiger partial charge is 0.329 e. The molecule has 2 heterocycles. The van der Waals surface area contributed by atoms with E-state index in [2.05, 4.69) is 10.6 Å². The lowest BCUT2D eigenvalue weighted by Crippen LogP contribution is -2.43. The minimum atomic E-state index is -3.79. The predicted octanol–water partition coefficient (Wildman–Crippen LogP) is 1.84. The van der Waals surface area contributed by atoms with Crippen LogP contribution in [0.15, 0.2) is 53.4 Å². The molecule has 2 aromatic carbocycles. The minimum absolute atomic E-state index is 0.0256. The molecule has 1 atom stereocenters. The number of hydrogen-bond acceptors (Lipinski definition) is 5. The number of benzene rings is 2. The van der Waals surface area contributed by atoms with Crippen LogP contribution < -0.4 is 10.6 Å². The number of anilines is 1. The molecule has 4 amide bonds. The van der Waals surface area contributed by atoms with Crippen molar-refractivity contribution in [3.05, 3.63) is 59.7 Å². The van der Waals surface area contributed by atoms with Crippen LogP contribution in [0, 0.1) is 6.92 Å². The molecule has 9 nitrogen and oxygen atoms in total. The fourth-order valence-corrected chi connectivity index (χ4v) is 5.56. The molecule has 2 aromatic rings. The SMILES string of the molecule is Cc1ccc(S(=O)(=O)N2CCC[C@H]2C(=O)Nc2cccc(CN3C(=O)CNC3=O)c2)cc1. The van der Waals surface area contributed by atoms with Gasteiger partial charge >= 0.3 is 6.03 Å². The number of nitrogens with zero attached hydrogens (tertiary/aromatic N) is 2. The smallest absolute Gasteiger partial charge is 0.324 e. The Bertz CT molecular complexity index is 1150. The van der Waals surface area contributed by atoms with E-state index in [9.17, 15) is 22.8 Å². The number of aryl methyl sites for hydroxylation is 1. The molecule has 2 saturated heterocycles. The van der Waals surface area contributed by atoms with Crippen molar-refractivity contribution in [1.82, 2.24) is 14.5 Å². The van der Waals surface area contributed by atoms with Crippen molar-refractivity contribution in [2.24, 2.45) is 0 Å². The molecule has 0 spiro atoms. The summed E-state index contributed by atoms with van der Waals surface area (Å²) in [6.07, 6.45) is 1.02. The maximum Gasteiger partial charge on any atom is 0.324 e. The average molecular weight is 457 g/mol. The van der Waals surface area contributed by atoms with E-state index >= 15 is 0 Å². The number of urea groups is 1. The molecule has 0 radical (unpaired) electrons. The number of carbonyl (C=O) groups is 3. The van der Waals surface area contributed by atoms with Crippen LogP contribution in [0.2, 0.25) is 0 Å². The van der Waals surface area contributed by atoms with Crippen LogP contribution >= 0.6 is 0 Å². The summed E-state index contributed by atoms with van der Waals surface area (Å²) in [7, 11) is -3.79. The highest BCUT2D eigenvalue weighted by Gasteiger charge is 2.39. The highest BCUT2D eigenvalue weighted by molar-refractivity contribution is 7.89. The zero-order chi connectivity index (χ0) is 22.9. The highest BCUT2D eigenvalue weighted by Crippen LogP contribution is 2.27. The van der Waals surface area contributed by atoms with Gasteiger partial charge in [0.25, 0.3) is 0 Å². The minimum Gasteiger partial charge on any atom is -0.329 e. The summed E-state index contributed by atoms with van der Waals surface area (Å²) in [5.74, 6) is -0.724. The van der Waals surface area contributed by atoms with Crippen LogP contribution in [0.4, 0.5) is 10.5 Å².